The van der Waals surface area contributed by atoms with Gasteiger partial charge in [0.25, 0.3) is 0 Å². The van der Waals surface area contributed by atoms with E-state index < -0.39 is 9.84 Å². The van der Waals surface area contributed by atoms with E-state index in [1.165, 1.54) is 29.7 Å². The van der Waals surface area contributed by atoms with Gasteiger partial charge < -0.3 is 9.80 Å². The summed E-state index contributed by atoms with van der Waals surface area (Å²) in [5, 5.41) is 4.27. The highest BCUT2D eigenvalue weighted by Gasteiger charge is 2.49. The second-order valence-electron chi connectivity index (χ2n) is 9.10. The summed E-state index contributed by atoms with van der Waals surface area (Å²) in [7, 11) is -0.728. The van der Waals surface area contributed by atoms with E-state index >= 15 is 0 Å². The second-order valence-corrected chi connectivity index (χ2v) is 12.8. The molecule has 2 aliphatic heterocycles. The van der Waals surface area contributed by atoms with E-state index in [1.54, 1.807) is 11.3 Å². The van der Waals surface area contributed by atoms with Crippen LogP contribution in [0.25, 0.3) is 0 Å². The SMILES string of the molecule is CN(Cc1cscc1Br)c1nc2c(c(N3CCC4(CC3)CS(=O)(=O)C4)n1)CCCC2. The average Bonchev–Trinajstić information content (AvgIpc) is 3.11. The van der Waals surface area contributed by atoms with E-state index in [-0.39, 0.29) is 5.41 Å². The van der Waals surface area contributed by atoms with Crippen molar-refractivity contribution in [3.63, 3.8) is 0 Å². The van der Waals surface area contributed by atoms with E-state index in [4.69, 9.17) is 9.97 Å². The summed E-state index contributed by atoms with van der Waals surface area (Å²) < 4.78 is 24.6. The smallest absolute Gasteiger partial charge is 0.227 e. The molecule has 0 N–H and O–H groups in total. The van der Waals surface area contributed by atoms with Crippen LogP contribution in [0.3, 0.4) is 0 Å². The molecule has 0 bridgehead atoms. The molecule has 30 heavy (non-hydrogen) atoms. The number of sulfone groups is 1. The summed E-state index contributed by atoms with van der Waals surface area (Å²) in [6.07, 6.45) is 6.32. The van der Waals surface area contributed by atoms with Crippen LogP contribution in [-0.2, 0) is 29.2 Å². The minimum atomic E-state index is -2.79. The molecule has 2 aromatic rings. The van der Waals surface area contributed by atoms with Crippen LogP contribution in [0.5, 0.6) is 0 Å². The Balaban J connectivity index is 1.40. The maximum atomic E-state index is 11.7. The Morgan fingerprint density at radius 3 is 2.57 bits per heavy atom. The molecule has 0 amide bonds. The summed E-state index contributed by atoms with van der Waals surface area (Å²) in [5.41, 5.74) is 3.78. The minimum absolute atomic E-state index is 0.0211. The van der Waals surface area contributed by atoms with Gasteiger partial charge in [-0.25, -0.2) is 13.4 Å². The number of hydrogen-bond donors (Lipinski definition) is 0. The number of halogens is 1. The molecule has 3 aliphatic rings. The lowest BCUT2D eigenvalue weighted by atomic mass is 9.81. The first-order valence-electron chi connectivity index (χ1n) is 10.6. The number of hydrogen-bond acceptors (Lipinski definition) is 7. The number of nitrogens with zero attached hydrogens (tertiary/aromatic N) is 4. The van der Waals surface area contributed by atoms with Crippen molar-refractivity contribution in [2.75, 3.05) is 41.4 Å². The average molecular weight is 512 g/mol. The number of aryl methyl sites for hydroxylation is 1. The lowest BCUT2D eigenvalue weighted by Gasteiger charge is -2.47. The molecule has 0 aromatic carbocycles. The van der Waals surface area contributed by atoms with Gasteiger partial charge in [-0.1, -0.05) is 0 Å². The van der Waals surface area contributed by atoms with Crippen LogP contribution >= 0.6 is 27.3 Å². The van der Waals surface area contributed by atoms with Crippen molar-refractivity contribution in [3.05, 3.63) is 32.1 Å². The van der Waals surface area contributed by atoms with Gasteiger partial charge >= 0.3 is 0 Å². The van der Waals surface area contributed by atoms with Gasteiger partial charge in [-0.3, -0.25) is 0 Å². The van der Waals surface area contributed by atoms with Gasteiger partial charge in [0, 0.05) is 47.5 Å². The number of thiophene rings is 1. The predicted octanol–water partition coefficient (Wildman–Crippen LogP) is 3.83. The van der Waals surface area contributed by atoms with Crippen LogP contribution in [0, 0.1) is 5.41 Å². The molecule has 2 aromatic heterocycles. The van der Waals surface area contributed by atoms with Gasteiger partial charge in [0.05, 0.1) is 17.2 Å². The highest BCUT2D eigenvalue weighted by molar-refractivity contribution is 9.10. The Morgan fingerprint density at radius 1 is 1.17 bits per heavy atom. The summed E-state index contributed by atoms with van der Waals surface area (Å²) in [5.74, 6) is 2.62. The molecule has 6 nitrogen and oxygen atoms in total. The van der Waals surface area contributed by atoms with E-state index in [0.717, 1.165) is 61.6 Å². The zero-order valence-electron chi connectivity index (χ0n) is 17.2. The molecular formula is C21H27BrN4O2S2. The molecule has 162 valence electrons. The topological polar surface area (TPSA) is 66.4 Å². The number of fused-ring (bicyclic) bond motifs is 1. The number of piperidine rings is 1. The molecule has 4 heterocycles. The first-order valence-corrected chi connectivity index (χ1v) is 14.2. The van der Waals surface area contributed by atoms with Crippen LogP contribution in [0.1, 0.15) is 42.5 Å². The molecule has 1 aliphatic carbocycles. The quantitative estimate of drug-likeness (QED) is 0.622. The lowest BCUT2D eigenvalue weighted by Crippen LogP contribution is -2.54. The third-order valence-electron chi connectivity index (χ3n) is 6.76. The Hall–Kier alpha value is -1.19. The van der Waals surface area contributed by atoms with Gasteiger partial charge in [-0.05, 0) is 65.4 Å². The van der Waals surface area contributed by atoms with Crippen LogP contribution in [0.15, 0.2) is 15.2 Å². The van der Waals surface area contributed by atoms with Crippen LogP contribution in [0.4, 0.5) is 11.8 Å². The summed E-state index contributed by atoms with van der Waals surface area (Å²) in [6.45, 7) is 2.54. The lowest BCUT2D eigenvalue weighted by molar-refractivity contribution is 0.257. The van der Waals surface area contributed by atoms with Gasteiger partial charge in [0.2, 0.25) is 5.95 Å². The van der Waals surface area contributed by atoms with Crippen molar-refractivity contribution in [3.8, 4) is 0 Å². The van der Waals surface area contributed by atoms with E-state index in [1.807, 2.05) is 0 Å². The number of anilines is 2. The monoisotopic (exact) mass is 510 g/mol. The Morgan fingerprint density at radius 2 is 1.90 bits per heavy atom. The Kier molecular flexibility index (Phi) is 5.34. The minimum Gasteiger partial charge on any atom is -0.356 e. The molecule has 0 unspecified atom stereocenters. The highest BCUT2D eigenvalue weighted by atomic mass is 79.9. The molecule has 9 heteroatoms. The van der Waals surface area contributed by atoms with Crippen LogP contribution in [0.2, 0.25) is 0 Å². The number of aromatic nitrogens is 2. The molecular weight excluding hydrogens is 484 g/mol. The maximum absolute atomic E-state index is 11.7. The third-order valence-corrected chi connectivity index (χ3v) is 10.7. The fourth-order valence-electron chi connectivity index (χ4n) is 5.11. The van der Waals surface area contributed by atoms with Gasteiger partial charge in [-0.2, -0.15) is 16.3 Å². The van der Waals surface area contributed by atoms with Gasteiger partial charge in [0.15, 0.2) is 9.84 Å². The Labute approximate surface area is 190 Å². The normalized spacial score (nSPS) is 21.9. The van der Waals surface area contributed by atoms with Crippen molar-refractivity contribution >= 4 is 48.9 Å². The number of rotatable bonds is 4. The summed E-state index contributed by atoms with van der Waals surface area (Å²) >= 11 is 5.32. The first-order chi connectivity index (χ1) is 14.3. The van der Waals surface area contributed by atoms with Gasteiger partial charge in [0.1, 0.15) is 5.82 Å². The second kappa shape index (κ2) is 7.74. The van der Waals surface area contributed by atoms with Crippen molar-refractivity contribution in [1.29, 1.82) is 0 Å². The standard InChI is InChI=1S/C21H27BrN4O2S2/c1-25(10-15-11-29-12-17(15)22)20-23-18-5-3-2-4-16(18)19(24-20)26-8-6-21(7-9-26)13-30(27,28)14-21/h11-12H,2-10,13-14H2,1H3. The highest BCUT2D eigenvalue weighted by Crippen LogP contribution is 2.43. The zero-order chi connectivity index (χ0) is 20.9. The van der Waals surface area contributed by atoms with E-state index in [9.17, 15) is 8.42 Å². The van der Waals surface area contributed by atoms with Crippen LogP contribution < -0.4 is 9.80 Å². The fourth-order valence-corrected chi connectivity index (χ4v) is 8.89. The fraction of sp³-hybridized carbons (Fsp3) is 0.619. The molecule has 0 atom stereocenters. The van der Waals surface area contributed by atoms with Crippen molar-refractivity contribution in [1.82, 2.24) is 9.97 Å². The maximum Gasteiger partial charge on any atom is 0.227 e. The van der Waals surface area contributed by atoms with Crippen molar-refractivity contribution in [2.45, 2.75) is 45.1 Å². The molecule has 1 spiro atoms. The Bertz CT molecular complexity index is 1050. The van der Waals surface area contributed by atoms with E-state index in [0.29, 0.717) is 11.5 Å². The van der Waals surface area contributed by atoms with Gasteiger partial charge in [-0.15, -0.1) is 0 Å². The summed E-state index contributed by atoms with van der Waals surface area (Å²) in [4.78, 5) is 14.5. The third kappa shape index (κ3) is 3.88. The zero-order valence-corrected chi connectivity index (χ0v) is 20.5. The molecule has 2 saturated heterocycles. The largest absolute Gasteiger partial charge is 0.356 e. The molecule has 0 radical (unpaired) electrons. The van der Waals surface area contributed by atoms with Crippen molar-refractivity contribution < 1.29 is 8.42 Å². The van der Waals surface area contributed by atoms with Crippen LogP contribution in [-0.4, -0.2) is 50.0 Å². The first kappa shape index (κ1) is 20.7. The molecule has 5 rings (SSSR count). The predicted molar refractivity (Wildman–Crippen MR) is 125 cm³/mol. The van der Waals surface area contributed by atoms with Crippen molar-refractivity contribution in [2.24, 2.45) is 5.41 Å². The molecule has 0 saturated carbocycles. The molecule has 2 fully saturated rings. The summed E-state index contributed by atoms with van der Waals surface area (Å²) in [6, 6.07) is 0. The van der Waals surface area contributed by atoms with E-state index in [2.05, 4.69) is 43.5 Å².